The molecule has 0 aromatic rings. The van der Waals surface area contributed by atoms with E-state index in [1.54, 1.807) is 12.1 Å². The van der Waals surface area contributed by atoms with Crippen molar-refractivity contribution in [3.8, 4) is 6.07 Å². The zero-order valence-corrected chi connectivity index (χ0v) is 15.4. The molecule has 1 fully saturated rings. The Morgan fingerprint density at radius 1 is 1.50 bits per heavy atom. The van der Waals surface area contributed by atoms with Crippen LogP contribution in [0.1, 0.15) is 13.3 Å². The second kappa shape index (κ2) is 7.40. The molecule has 11 heteroatoms. The van der Waals surface area contributed by atoms with Crippen molar-refractivity contribution >= 4 is 64.3 Å². The maximum atomic E-state index is 12.2. The van der Waals surface area contributed by atoms with Gasteiger partial charge in [-0.3, -0.25) is 14.5 Å². The van der Waals surface area contributed by atoms with E-state index >= 15 is 0 Å². The molecule has 0 saturated carbocycles. The van der Waals surface area contributed by atoms with Crippen molar-refractivity contribution in [1.82, 2.24) is 10.2 Å². The van der Waals surface area contributed by atoms with E-state index in [9.17, 15) is 14.4 Å². The highest BCUT2D eigenvalue weighted by atomic mass is 35.6. The van der Waals surface area contributed by atoms with Gasteiger partial charge < -0.3 is 10.1 Å². The zero-order chi connectivity index (χ0) is 18.1. The van der Waals surface area contributed by atoms with Gasteiger partial charge in [0.25, 0.3) is 5.91 Å². The summed E-state index contributed by atoms with van der Waals surface area (Å²) >= 11 is 18.0. The predicted octanol–water partition coefficient (Wildman–Crippen LogP) is 1.49. The van der Waals surface area contributed by atoms with Crippen molar-refractivity contribution < 1.29 is 19.1 Å². The van der Waals surface area contributed by atoms with Crippen molar-refractivity contribution in [2.24, 2.45) is 0 Å². The first-order chi connectivity index (χ1) is 11.1. The molecule has 1 N–H and O–H groups in total. The van der Waals surface area contributed by atoms with Crippen LogP contribution in [-0.4, -0.2) is 49.7 Å². The van der Waals surface area contributed by atoms with Gasteiger partial charge in [0.2, 0.25) is 9.70 Å². The van der Waals surface area contributed by atoms with E-state index in [-0.39, 0.29) is 17.4 Å². The molecule has 0 aliphatic carbocycles. The number of ether oxygens (including phenoxy) is 1. The highest BCUT2D eigenvalue weighted by molar-refractivity contribution is 8.00. The fraction of sp³-hybridized carbons (Fsp3) is 0.538. The van der Waals surface area contributed by atoms with Crippen LogP contribution in [0.3, 0.4) is 0 Å². The number of nitriles is 1. The summed E-state index contributed by atoms with van der Waals surface area (Å²) in [5, 5.41) is 10.5. The van der Waals surface area contributed by atoms with Crippen molar-refractivity contribution in [3.05, 3.63) is 11.8 Å². The molecule has 2 aliphatic rings. The topological polar surface area (TPSA) is 99.5 Å². The highest BCUT2D eigenvalue weighted by Gasteiger charge is 2.54. The number of carbonyl (C=O) groups excluding carboxylic acids is 3. The van der Waals surface area contributed by atoms with E-state index in [4.69, 9.17) is 44.8 Å². The van der Waals surface area contributed by atoms with Gasteiger partial charge in [0, 0.05) is 5.25 Å². The Balaban J connectivity index is 2.08. The maximum absolute atomic E-state index is 12.2. The monoisotopic (exact) mass is 411 g/mol. The van der Waals surface area contributed by atoms with Gasteiger partial charge in [-0.2, -0.15) is 5.26 Å². The van der Waals surface area contributed by atoms with Gasteiger partial charge >= 0.3 is 5.97 Å². The fourth-order valence-corrected chi connectivity index (χ4v) is 3.73. The van der Waals surface area contributed by atoms with Gasteiger partial charge in [-0.15, -0.1) is 11.8 Å². The number of fused-ring (bicyclic) bond motifs is 1. The normalized spacial score (nSPS) is 25.8. The number of nitrogens with zero attached hydrogens (tertiary/aromatic N) is 2. The lowest BCUT2D eigenvalue weighted by Crippen LogP contribution is -2.70. The van der Waals surface area contributed by atoms with Crippen molar-refractivity contribution in [2.75, 3.05) is 6.61 Å². The molecule has 2 aliphatic heterocycles. The standard InChI is InChI=1S/C13H12Cl3N3O4S/c1-6-4-7(12(22)23-5-13(14,15)16)19-10(21)9(11(19)24-6)18-8(20)2-3-17/h4,6,9,11H,2,5H2,1H3,(H,18,20)/t6?,9?,11-/m1/s1. The minimum absolute atomic E-state index is 0.0521. The fourth-order valence-electron chi connectivity index (χ4n) is 2.24. The summed E-state index contributed by atoms with van der Waals surface area (Å²) in [6, 6.07) is 0.919. The van der Waals surface area contributed by atoms with Crippen LogP contribution >= 0.6 is 46.6 Å². The summed E-state index contributed by atoms with van der Waals surface area (Å²) in [6.07, 6.45) is 1.23. The molecule has 130 valence electrons. The van der Waals surface area contributed by atoms with Crippen molar-refractivity contribution in [3.63, 3.8) is 0 Å². The third kappa shape index (κ3) is 4.28. The van der Waals surface area contributed by atoms with Crippen LogP contribution in [0.15, 0.2) is 11.8 Å². The van der Waals surface area contributed by atoms with E-state index in [0.717, 1.165) is 0 Å². The number of thioether (sulfide) groups is 1. The lowest BCUT2D eigenvalue weighted by atomic mass is 10.0. The Kier molecular flexibility index (Phi) is 5.91. The Hall–Kier alpha value is -1.14. The van der Waals surface area contributed by atoms with Crippen LogP contribution in [0.5, 0.6) is 0 Å². The summed E-state index contributed by atoms with van der Waals surface area (Å²) in [7, 11) is 0. The third-order valence-electron chi connectivity index (χ3n) is 3.18. The largest absolute Gasteiger partial charge is 0.456 e. The molecule has 1 saturated heterocycles. The maximum Gasteiger partial charge on any atom is 0.354 e. The van der Waals surface area contributed by atoms with Gasteiger partial charge in [0.1, 0.15) is 30.1 Å². The third-order valence-corrected chi connectivity index (χ3v) is 4.84. The Morgan fingerprint density at radius 3 is 2.75 bits per heavy atom. The van der Waals surface area contributed by atoms with Gasteiger partial charge in [-0.05, 0) is 13.0 Å². The van der Waals surface area contributed by atoms with Crippen molar-refractivity contribution in [1.29, 1.82) is 5.26 Å². The molecular weight excluding hydrogens is 401 g/mol. The number of carbonyl (C=O) groups is 3. The molecule has 0 spiro atoms. The summed E-state index contributed by atoms with van der Waals surface area (Å²) in [5.41, 5.74) is 0.0521. The molecule has 0 radical (unpaired) electrons. The average Bonchev–Trinajstić information content (AvgIpc) is 2.49. The number of hydrogen-bond acceptors (Lipinski definition) is 6. The SMILES string of the molecule is CC1C=C(C(=O)OCC(Cl)(Cl)Cl)N2C(=O)C(NC(=O)CC#N)[C@H]2S1. The van der Waals surface area contributed by atoms with Gasteiger partial charge in [0.05, 0.1) is 6.07 Å². The smallest absolute Gasteiger partial charge is 0.354 e. The van der Waals surface area contributed by atoms with Gasteiger partial charge in [-0.1, -0.05) is 34.8 Å². The Bertz CT molecular complexity index is 643. The molecule has 0 aromatic heterocycles. The minimum atomic E-state index is -1.75. The molecule has 7 nitrogen and oxygen atoms in total. The van der Waals surface area contributed by atoms with E-state index in [2.05, 4.69) is 5.32 Å². The first-order valence-corrected chi connectivity index (χ1v) is 8.82. The quantitative estimate of drug-likeness (QED) is 0.426. The molecule has 3 atom stereocenters. The second-order valence-corrected chi connectivity index (χ2v) is 9.08. The predicted molar refractivity (Wildman–Crippen MR) is 89.2 cm³/mol. The second-order valence-electron chi connectivity index (χ2n) is 5.06. The first-order valence-electron chi connectivity index (χ1n) is 6.74. The number of amides is 2. The van der Waals surface area contributed by atoms with Crippen LogP contribution in [0.4, 0.5) is 0 Å². The van der Waals surface area contributed by atoms with Crippen LogP contribution in [0, 0.1) is 11.3 Å². The first kappa shape index (κ1) is 19.2. The van der Waals surface area contributed by atoms with Crippen LogP contribution in [0.25, 0.3) is 0 Å². The van der Waals surface area contributed by atoms with Crippen LogP contribution < -0.4 is 5.32 Å². The lowest BCUT2D eigenvalue weighted by Gasteiger charge is -2.49. The number of halogens is 3. The minimum Gasteiger partial charge on any atom is -0.456 e. The molecule has 2 rings (SSSR count). The van der Waals surface area contributed by atoms with Crippen LogP contribution in [0.2, 0.25) is 0 Å². The number of alkyl halides is 3. The molecule has 0 bridgehead atoms. The Morgan fingerprint density at radius 2 is 2.17 bits per heavy atom. The van der Waals surface area contributed by atoms with Gasteiger partial charge in [0.15, 0.2) is 0 Å². The van der Waals surface area contributed by atoms with E-state index in [1.807, 2.05) is 6.92 Å². The number of esters is 1. The van der Waals surface area contributed by atoms with E-state index in [1.165, 1.54) is 16.7 Å². The Labute approximate surface area is 157 Å². The summed E-state index contributed by atoms with van der Waals surface area (Å²) < 4.78 is 3.16. The number of hydrogen-bond donors (Lipinski definition) is 1. The number of nitrogens with one attached hydrogen (secondary N) is 1. The van der Waals surface area contributed by atoms with E-state index < -0.39 is 39.6 Å². The molecular formula is C13H12Cl3N3O4S. The number of β-lactam (4-membered cyclic amide) rings is 1. The lowest BCUT2D eigenvalue weighted by molar-refractivity contribution is -0.152. The summed E-state index contributed by atoms with van der Waals surface area (Å²) in [6.45, 7) is 1.38. The van der Waals surface area contributed by atoms with Gasteiger partial charge in [-0.25, -0.2) is 4.79 Å². The number of rotatable bonds is 4. The molecule has 2 unspecified atom stereocenters. The molecule has 0 aromatic carbocycles. The molecule has 24 heavy (non-hydrogen) atoms. The molecule has 2 heterocycles. The van der Waals surface area contributed by atoms with Crippen LogP contribution in [-0.2, 0) is 19.1 Å². The highest BCUT2D eigenvalue weighted by Crippen LogP contribution is 2.41. The average molecular weight is 413 g/mol. The summed E-state index contributed by atoms with van der Waals surface area (Å²) in [4.78, 5) is 37.2. The summed E-state index contributed by atoms with van der Waals surface area (Å²) in [5.74, 6) is -1.78. The molecule has 2 amide bonds. The zero-order valence-electron chi connectivity index (χ0n) is 12.3. The van der Waals surface area contributed by atoms with Crippen molar-refractivity contribution in [2.45, 2.75) is 33.8 Å². The van der Waals surface area contributed by atoms with E-state index in [0.29, 0.717) is 0 Å².